The fraction of sp³-hybridized carbons (Fsp3) is 0.167. The molecule has 3 rings (SSSR count). The van der Waals surface area contributed by atoms with Crippen molar-refractivity contribution in [1.82, 2.24) is 14.5 Å². The number of aliphatic hydroxyl groups is 1. The molecule has 9 heteroatoms. The van der Waals surface area contributed by atoms with E-state index in [0.717, 1.165) is 12.1 Å². The maximum absolute atomic E-state index is 12.8. The third kappa shape index (κ3) is 4.70. The number of halogens is 3. The van der Waals surface area contributed by atoms with Gasteiger partial charge >= 0.3 is 6.18 Å². The van der Waals surface area contributed by atoms with Crippen LogP contribution in [0.1, 0.15) is 27.2 Å². The van der Waals surface area contributed by atoms with Crippen LogP contribution in [0.15, 0.2) is 55.1 Å². The normalized spacial score (nSPS) is 11.4. The first-order chi connectivity index (χ1) is 12.8. The number of nitrogens with zero attached hydrogens (tertiary/aromatic N) is 3. The van der Waals surface area contributed by atoms with E-state index in [0.29, 0.717) is 11.1 Å². The average molecular weight is 376 g/mol. The maximum atomic E-state index is 12.8. The quantitative estimate of drug-likeness (QED) is 0.717. The molecule has 0 spiro atoms. The molecular weight excluding hydrogens is 361 g/mol. The number of amides is 1. The van der Waals surface area contributed by atoms with E-state index in [1.54, 1.807) is 16.7 Å². The van der Waals surface area contributed by atoms with Crippen LogP contribution in [0.4, 0.5) is 19.0 Å². The number of carbonyl (C=O) groups is 1. The standard InChI is InChI=1S/C18H15F3N4O2/c19-18(20,21)14-3-1-2-12(6-14)8-25-9-16(23-11-25)24-17(27)15-5-4-13(10-26)7-22-15/h1-7,9,11,26H,8,10H2,(H,24,27). The molecule has 0 bridgehead atoms. The number of benzene rings is 1. The summed E-state index contributed by atoms with van der Waals surface area (Å²) < 4.78 is 39.9. The first-order valence-electron chi connectivity index (χ1n) is 7.90. The van der Waals surface area contributed by atoms with E-state index < -0.39 is 17.6 Å². The van der Waals surface area contributed by atoms with E-state index in [-0.39, 0.29) is 24.7 Å². The van der Waals surface area contributed by atoms with Crippen molar-refractivity contribution in [2.24, 2.45) is 0 Å². The number of carbonyl (C=O) groups excluding carboxylic acids is 1. The molecule has 0 saturated carbocycles. The Morgan fingerprint density at radius 2 is 1.96 bits per heavy atom. The third-order valence-electron chi connectivity index (χ3n) is 3.73. The van der Waals surface area contributed by atoms with E-state index in [1.807, 2.05) is 0 Å². The highest BCUT2D eigenvalue weighted by molar-refractivity contribution is 6.02. The van der Waals surface area contributed by atoms with E-state index in [1.165, 1.54) is 30.9 Å². The van der Waals surface area contributed by atoms with E-state index in [2.05, 4.69) is 15.3 Å². The summed E-state index contributed by atoms with van der Waals surface area (Å²) in [6, 6.07) is 8.07. The van der Waals surface area contributed by atoms with Gasteiger partial charge in [0, 0.05) is 18.9 Å². The Morgan fingerprint density at radius 1 is 1.15 bits per heavy atom. The van der Waals surface area contributed by atoms with Crippen molar-refractivity contribution in [3.8, 4) is 0 Å². The smallest absolute Gasteiger partial charge is 0.392 e. The highest BCUT2D eigenvalue weighted by atomic mass is 19.4. The fourth-order valence-electron chi connectivity index (χ4n) is 2.40. The third-order valence-corrected chi connectivity index (χ3v) is 3.73. The van der Waals surface area contributed by atoms with Crippen LogP contribution in [-0.4, -0.2) is 25.5 Å². The van der Waals surface area contributed by atoms with Gasteiger partial charge in [-0.25, -0.2) is 4.98 Å². The Labute approximate surface area is 152 Å². The largest absolute Gasteiger partial charge is 0.416 e. The molecule has 6 nitrogen and oxygen atoms in total. The minimum atomic E-state index is -4.40. The van der Waals surface area contributed by atoms with Crippen LogP contribution in [0.25, 0.3) is 0 Å². The lowest BCUT2D eigenvalue weighted by molar-refractivity contribution is -0.137. The van der Waals surface area contributed by atoms with Gasteiger partial charge in [-0.3, -0.25) is 9.78 Å². The zero-order valence-electron chi connectivity index (χ0n) is 13.9. The van der Waals surface area contributed by atoms with Crippen molar-refractivity contribution >= 4 is 11.7 Å². The molecule has 2 heterocycles. The van der Waals surface area contributed by atoms with Gasteiger partial charge in [0.05, 0.1) is 18.5 Å². The summed E-state index contributed by atoms with van der Waals surface area (Å²) in [7, 11) is 0. The molecule has 1 aromatic carbocycles. The molecule has 0 aliphatic carbocycles. The Balaban J connectivity index is 1.67. The number of hydrogen-bond acceptors (Lipinski definition) is 4. The highest BCUT2D eigenvalue weighted by Crippen LogP contribution is 2.29. The number of nitrogens with one attached hydrogen (secondary N) is 1. The maximum Gasteiger partial charge on any atom is 0.416 e. The van der Waals surface area contributed by atoms with Gasteiger partial charge in [0.15, 0.2) is 5.82 Å². The minimum absolute atomic E-state index is 0.152. The number of anilines is 1. The van der Waals surface area contributed by atoms with Crippen LogP contribution in [0.3, 0.4) is 0 Å². The Kier molecular flexibility index (Phi) is 5.22. The van der Waals surface area contributed by atoms with Crippen molar-refractivity contribution in [1.29, 1.82) is 0 Å². The number of aromatic nitrogens is 3. The summed E-state index contributed by atoms with van der Waals surface area (Å²) in [6.07, 6.45) is -0.0811. The van der Waals surface area contributed by atoms with Crippen molar-refractivity contribution < 1.29 is 23.1 Å². The number of imidazole rings is 1. The number of pyridine rings is 1. The number of aliphatic hydroxyl groups excluding tert-OH is 1. The topological polar surface area (TPSA) is 80.0 Å². The van der Waals surface area contributed by atoms with E-state index >= 15 is 0 Å². The van der Waals surface area contributed by atoms with Gasteiger partial charge in [0.1, 0.15) is 5.69 Å². The van der Waals surface area contributed by atoms with Crippen molar-refractivity contribution in [3.63, 3.8) is 0 Å². The minimum Gasteiger partial charge on any atom is -0.392 e. The molecule has 0 fully saturated rings. The van der Waals surface area contributed by atoms with Crippen LogP contribution < -0.4 is 5.32 Å². The van der Waals surface area contributed by atoms with E-state index in [4.69, 9.17) is 5.11 Å². The van der Waals surface area contributed by atoms with Crippen molar-refractivity contribution in [2.75, 3.05) is 5.32 Å². The van der Waals surface area contributed by atoms with Crippen LogP contribution in [0, 0.1) is 0 Å². The average Bonchev–Trinajstić information content (AvgIpc) is 3.08. The van der Waals surface area contributed by atoms with Crippen LogP contribution in [-0.2, 0) is 19.3 Å². The summed E-state index contributed by atoms with van der Waals surface area (Å²) in [5.41, 5.74) is 0.476. The zero-order valence-corrected chi connectivity index (χ0v) is 13.9. The molecule has 0 aliphatic heterocycles. The first-order valence-corrected chi connectivity index (χ1v) is 7.90. The fourth-order valence-corrected chi connectivity index (χ4v) is 2.40. The summed E-state index contributed by atoms with van der Waals surface area (Å²) in [6.45, 7) is 0.00504. The van der Waals surface area contributed by atoms with E-state index in [9.17, 15) is 18.0 Å². The molecule has 0 aliphatic rings. The summed E-state index contributed by atoms with van der Waals surface area (Å²) in [5.74, 6) is -0.233. The lowest BCUT2D eigenvalue weighted by Crippen LogP contribution is -2.14. The summed E-state index contributed by atoms with van der Waals surface area (Å²) in [4.78, 5) is 20.1. The second-order valence-corrected chi connectivity index (χ2v) is 5.79. The highest BCUT2D eigenvalue weighted by Gasteiger charge is 2.30. The molecular formula is C18H15F3N4O2. The predicted molar refractivity (Wildman–Crippen MR) is 90.9 cm³/mol. The van der Waals surface area contributed by atoms with Gasteiger partial charge in [-0.1, -0.05) is 18.2 Å². The second-order valence-electron chi connectivity index (χ2n) is 5.79. The Hall–Kier alpha value is -3.20. The van der Waals surface area contributed by atoms with Crippen LogP contribution >= 0.6 is 0 Å². The molecule has 0 atom stereocenters. The Morgan fingerprint density at radius 3 is 2.63 bits per heavy atom. The molecule has 2 aromatic heterocycles. The molecule has 2 N–H and O–H groups in total. The van der Waals surface area contributed by atoms with Crippen molar-refractivity contribution in [2.45, 2.75) is 19.3 Å². The lowest BCUT2D eigenvalue weighted by Gasteiger charge is -2.09. The van der Waals surface area contributed by atoms with Crippen LogP contribution in [0.5, 0.6) is 0 Å². The second kappa shape index (κ2) is 7.58. The van der Waals surface area contributed by atoms with Crippen LogP contribution in [0.2, 0.25) is 0 Å². The lowest BCUT2D eigenvalue weighted by atomic mass is 10.1. The van der Waals surface area contributed by atoms with Gasteiger partial charge < -0.3 is 15.0 Å². The van der Waals surface area contributed by atoms with Gasteiger partial charge in [-0.05, 0) is 29.3 Å². The first kappa shape index (κ1) is 18.6. The van der Waals surface area contributed by atoms with Gasteiger partial charge in [-0.2, -0.15) is 13.2 Å². The van der Waals surface area contributed by atoms with Crippen molar-refractivity contribution in [3.05, 3.63) is 77.5 Å². The predicted octanol–water partition coefficient (Wildman–Crippen LogP) is 3.09. The molecule has 0 unspecified atom stereocenters. The van der Waals surface area contributed by atoms with Gasteiger partial charge in [-0.15, -0.1) is 0 Å². The van der Waals surface area contributed by atoms with Gasteiger partial charge in [0.2, 0.25) is 0 Å². The van der Waals surface area contributed by atoms with Gasteiger partial charge in [0.25, 0.3) is 5.91 Å². The number of alkyl halides is 3. The monoisotopic (exact) mass is 376 g/mol. The molecule has 0 saturated heterocycles. The summed E-state index contributed by atoms with van der Waals surface area (Å²) in [5, 5.41) is 11.5. The zero-order chi connectivity index (χ0) is 19.4. The SMILES string of the molecule is O=C(Nc1cn(Cc2cccc(C(F)(F)F)c2)cn1)c1ccc(CO)cn1. The molecule has 1 amide bonds. The number of rotatable bonds is 5. The molecule has 3 aromatic rings. The molecule has 140 valence electrons. The number of hydrogen-bond donors (Lipinski definition) is 2. The molecule has 27 heavy (non-hydrogen) atoms. The molecule has 0 radical (unpaired) electrons. The summed E-state index contributed by atoms with van der Waals surface area (Å²) >= 11 is 0. The Bertz CT molecular complexity index is 936.